The van der Waals surface area contributed by atoms with Crippen molar-refractivity contribution in [1.82, 2.24) is 14.5 Å². The number of aliphatic imine (C=N–C) groups is 1. The van der Waals surface area contributed by atoms with E-state index in [9.17, 15) is 13.2 Å². The number of halogens is 2. The van der Waals surface area contributed by atoms with Gasteiger partial charge in [0.2, 0.25) is 0 Å². The number of benzene rings is 3. The minimum atomic E-state index is -3.70. The summed E-state index contributed by atoms with van der Waals surface area (Å²) in [6.07, 6.45) is 0. The average molecular weight is 628 g/mol. The van der Waals surface area contributed by atoms with Gasteiger partial charge < -0.3 is 15.0 Å². The number of carbonyl (C=O) groups excluding carboxylic acids is 1. The molecule has 12 heteroatoms. The Kier molecular flexibility index (Phi) is 7.76. The highest BCUT2D eigenvalue weighted by Gasteiger charge is 2.32. The van der Waals surface area contributed by atoms with Crippen LogP contribution in [0.4, 0.5) is 5.69 Å². The van der Waals surface area contributed by atoms with Gasteiger partial charge in [0.1, 0.15) is 21.5 Å². The van der Waals surface area contributed by atoms with Gasteiger partial charge in [-0.3, -0.25) is 4.79 Å². The quantitative estimate of drug-likeness (QED) is 0.286. The molecule has 3 aromatic carbocycles. The fourth-order valence-electron chi connectivity index (χ4n) is 4.67. The third kappa shape index (κ3) is 5.84. The second-order valence-electron chi connectivity index (χ2n) is 9.45. The molecule has 0 atom stereocenters. The fraction of sp³-hybridized carbons (Fsp3) is 0.172. The molecule has 210 valence electrons. The van der Waals surface area contributed by atoms with Gasteiger partial charge in [-0.25, -0.2) is 13.4 Å². The fourth-order valence-corrected chi connectivity index (χ4v) is 7.84. The van der Waals surface area contributed by atoms with Crippen molar-refractivity contribution < 1.29 is 17.9 Å². The summed E-state index contributed by atoms with van der Waals surface area (Å²) in [5.41, 5.74) is 1.93. The Hall–Kier alpha value is -3.41. The first-order chi connectivity index (χ1) is 19.8. The first-order valence-electron chi connectivity index (χ1n) is 12.8. The Labute approximate surface area is 251 Å². The zero-order valence-corrected chi connectivity index (χ0v) is 24.7. The summed E-state index contributed by atoms with van der Waals surface area (Å²) in [5, 5.41) is 3.93. The molecule has 1 N–H and O–H groups in total. The van der Waals surface area contributed by atoms with Crippen molar-refractivity contribution in [2.24, 2.45) is 4.99 Å². The highest BCUT2D eigenvalue weighted by Crippen LogP contribution is 2.39. The second kappa shape index (κ2) is 11.5. The van der Waals surface area contributed by atoms with Crippen molar-refractivity contribution in [3.63, 3.8) is 0 Å². The molecule has 2 aliphatic rings. The molecular weight excluding hydrogens is 603 g/mol. The molecule has 4 aromatic rings. The maximum absolute atomic E-state index is 13.5. The lowest BCUT2D eigenvalue weighted by Crippen LogP contribution is -2.50. The maximum Gasteiger partial charge on any atom is 0.252 e. The molecule has 2 aliphatic heterocycles. The first-order valence-corrected chi connectivity index (χ1v) is 15.8. The van der Waals surface area contributed by atoms with Crippen LogP contribution < -0.4 is 10.1 Å². The van der Waals surface area contributed by atoms with Crippen LogP contribution in [0.2, 0.25) is 10.0 Å². The zero-order chi connectivity index (χ0) is 28.6. The van der Waals surface area contributed by atoms with E-state index in [1.165, 1.54) is 4.31 Å². The van der Waals surface area contributed by atoms with Gasteiger partial charge >= 0.3 is 0 Å². The summed E-state index contributed by atoms with van der Waals surface area (Å²) in [6, 6.07) is 22.9. The topological polar surface area (TPSA) is 91.3 Å². The smallest absolute Gasteiger partial charge is 0.252 e. The molecule has 1 saturated heterocycles. The van der Waals surface area contributed by atoms with Crippen LogP contribution in [0.5, 0.6) is 11.5 Å². The Morgan fingerprint density at radius 1 is 0.902 bits per heavy atom. The number of para-hydroxylation sites is 2. The highest BCUT2D eigenvalue weighted by molar-refractivity contribution is 7.91. The number of fused-ring (bicyclic) bond motifs is 2. The number of sulfonamides is 1. The van der Waals surface area contributed by atoms with E-state index in [1.807, 2.05) is 36.4 Å². The van der Waals surface area contributed by atoms with Gasteiger partial charge in [-0.1, -0.05) is 35.3 Å². The van der Waals surface area contributed by atoms with E-state index in [1.54, 1.807) is 42.5 Å². The van der Waals surface area contributed by atoms with Crippen molar-refractivity contribution in [2.45, 2.75) is 10.8 Å². The number of thiophene rings is 1. The number of piperazine rings is 1. The van der Waals surface area contributed by atoms with Crippen LogP contribution in [0, 0.1) is 0 Å². The maximum atomic E-state index is 13.5. The van der Waals surface area contributed by atoms with Gasteiger partial charge in [0.15, 0.2) is 5.75 Å². The van der Waals surface area contributed by atoms with Crippen molar-refractivity contribution in [3.8, 4) is 11.5 Å². The predicted molar refractivity (Wildman–Crippen MR) is 161 cm³/mol. The van der Waals surface area contributed by atoms with Crippen molar-refractivity contribution in [2.75, 3.05) is 26.2 Å². The van der Waals surface area contributed by atoms with E-state index >= 15 is 0 Å². The van der Waals surface area contributed by atoms with Crippen LogP contribution in [-0.4, -0.2) is 55.5 Å². The van der Waals surface area contributed by atoms with Crippen molar-refractivity contribution in [1.29, 1.82) is 0 Å². The normalized spacial score (nSPS) is 15.3. The van der Waals surface area contributed by atoms with Crippen molar-refractivity contribution in [3.05, 3.63) is 105 Å². The summed E-state index contributed by atoms with van der Waals surface area (Å²) >= 11 is 13.4. The Morgan fingerprint density at radius 2 is 1.63 bits per heavy atom. The number of carbonyl (C=O) groups is 1. The standard InChI is InChI=1S/C29H24Cl2N4O4S2/c30-20-7-5-19(6-8-20)29(36)32-18-22-10-12-27(40-22)41(37,38)35-15-13-34(14-16-35)28-23-17-21(31)9-11-25(23)39-26-4-2-1-3-24(26)33-28/h1-12,17H,13-16,18H2,(H,32,36). The molecule has 0 spiro atoms. The molecule has 6 rings (SSSR count). The molecule has 0 aliphatic carbocycles. The minimum Gasteiger partial charge on any atom is -0.454 e. The Balaban J connectivity index is 1.14. The minimum absolute atomic E-state index is 0.223. The summed E-state index contributed by atoms with van der Waals surface area (Å²) in [5.74, 6) is 1.72. The lowest BCUT2D eigenvalue weighted by atomic mass is 10.1. The summed E-state index contributed by atoms with van der Waals surface area (Å²) in [4.78, 5) is 20.1. The lowest BCUT2D eigenvalue weighted by Gasteiger charge is -2.35. The molecule has 3 heterocycles. The van der Waals surface area contributed by atoms with Gasteiger partial charge in [-0.05, 0) is 66.7 Å². The summed E-state index contributed by atoms with van der Waals surface area (Å²) < 4.78 is 34.9. The zero-order valence-electron chi connectivity index (χ0n) is 21.6. The monoisotopic (exact) mass is 626 g/mol. The van der Waals surface area contributed by atoms with Gasteiger partial charge in [0.05, 0.1) is 12.1 Å². The van der Waals surface area contributed by atoms with E-state index < -0.39 is 10.0 Å². The van der Waals surface area contributed by atoms with Crippen LogP contribution >= 0.6 is 34.5 Å². The van der Waals surface area contributed by atoms with Crippen LogP contribution in [0.15, 0.2) is 88.1 Å². The van der Waals surface area contributed by atoms with Gasteiger partial charge in [-0.15, -0.1) is 11.3 Å². The van der Waals surface area contributed by atoms with E-state index in [0.29, 0.717) is 64.8 Å². The van der Waals surface area contributed by atoms with Crippen LogP contribution in [0.25, 0.3) is 0 Å². The number of nitrogens with zero attached hydrogens (tertiary/aromatic N) is 3. The largest absolute Gasteiger partial charge is 0.454 e. The molecule has 0 saturated carbocycles. The number of rotatable bonds is 5. The van der Waals surface area contributed by atoms with Crippen LogP contribution in [0.3, 0.4) is 0 Å². The molecule has 8 nitrogen and oxygen atoms in total. The molecular formula is C29H24Cl2N4O4S2. The predicted octanol–water partition coefficient (Wildman–Crippen LogP) is 6.18. The molecule has 0 unspecified atom stereocenters. The van der Waals surface area contributed by atoms with E-state index in [0.717, 1.165) is 21.8 Å². The molecule has 0 bridgehead atoms. The van der Waals surface area contributed by atoms with Gasteiger partial charge in [-0.2, -0.15) is 4.31 Å². The average Bonchev–Trinajstić information content (AvgIpc) is 3.40. The van der Waals surface area contributed by atoms with Crippen LogP contribution in [0.1, 0.15) is 20.8 Å². The van der Waals surface area contributed by atoms with Gasteiger partial charge in [0, 0.05) is 46.7 Å². The van der Waals surface area contributed by atoms with E-state index in [2.05, 4.69) is 10.2 Å². The summed E-state index contributed by atoms with van der Waals surface area (Å²) in [7, 11) is -3.70. The van der Waals surface area contributed by atoms with Crippen molar-refractivity contribution >= 4 is 62.0 Å². The van der Waals surface area contributed by atoms with Crippen LogP contribution in [-0.2, 0) is 16.6 Å². The first kappa shape index (κ1) is 27.7. The molecule has 1 fully saturated rings. The SMILES string of the molecule is O=C(NCc1ccc(S(=O)(=O)N2CCN(C3=Nc4ccccc4Oc4ccc(Cl)cc43)CC2)s1)c1ccc(Cl)cc1. The number of ether oxygens (including phenoxy) is 1. The van der Waals surface area contributed by atoms with E-state index in [4.69, 9.17) is 32.9 Å². The molecule has 1 aromatic heterocycles. The number of nitrogens with one attached hydrogen (secondary N) is 1. The van der Waals surface area contributed by atoms with Gasteiger partial charge in [0.25, 0.3) is 15.9 Å². The number of hydrogen-bond acceptors (Lipinski definition) is 7. The summed E-state index contributed by atoms with van der Waals surface area (Å²) in [6.45, 7) is 1.70. The highest BCUT2D eigenvalue weighted by atomic mass is 35.5. The third-order valence-corrected chi connectivity index (χ3v) is 10.7. The third-order valence-electron chi connectivity index (χ3n) is 6.79. The van der Waals surface area contributed by atoms with E-state index in [-0.39, 0.29) is 16.7 Å². The number of amides is 1. The molecule has 41 heavy (non-hydrogen) atoms. The molecule has 0 radical (unpaired) electrons. The Bertz CT molecular complexity index is 1750. The second-order valence-corrected chi connectivity index (χ2v) is 13.7. The molecule has 1 amide bonds. The lowest BCUT2D eigenvalue weighted by molar-refractivity contribution is 0.0951. The number of hydrogen-bond donors (Lipinski definition) is 1. The number of amidine groups is 1. The Morgan fingerprint density at radius 3 is 2.41 bits per heavy atom.